The van der Waals surface area contributed by atoms with E-state index in [4.69, 9.17) is 5.73 Å². The van der Waals surface area contributed by atoms with Gasteiger partial charge in [-0.1, -0.05) is 0 Å². The van der Waals surface area contributed by atoms with Crippen LogP contribution >= 0.6 is 0 Å². The lowest BCUT2D eigenvalue weighted by molar-refractivity contribution is -0.134. The number of hydrogen-bond donors (Lipinski definition) is 2. The molecule has 0 spiro atoms. The molecule has 0 saturated carbocycles. The number of amides is 2. The number of carbonyl (C=O) groups is 2. The maximum atomic E-state index is 11.8. The minimum atomic E-state index is -3.40. The molecule has 17 heavy (non-hydrogen) atoms. The van der Waals surface area contributed by atoms with Crippen molar-refractivity contribution >= 4 is 21.7 Å². The third kappa shape index (κ3) is 4.70. The molecule has 3 N–H and O–H groups in total. The highest BCUT2D eigenvalue weighted by atomic mass is 32.2. The zero-order chi connectivity index (χ0) is 13.1. The molecule has 98 valence electrons. The van der Waals surface area contributed by atoms with Crippen LogP contribution in [0.3, 0.4) is 0 Å². The van der Waals surface area contributed by atoms with Crippen LogP contribution in [0.25, 0.3) is 0 Å². The van der Waals surface area contributed by atoms with Crippen LogP contribution in [-0.2, 0) is 19.4 Å². The average Bonchev–Trinajstić information content (AvgIpc) is 2.63. The van der Waals surface area contributed by atoms with Gasteiger partial charge in [-0.3, -0.25) is 9.59 Å². The Hall–Kier alpha value is -1.15. The van der Waals surface area contributed by atoms with Gasteiger partial charge in [0.2, 0.25) is 11.8 Å². The quantitative estimate of drug-likeness (QED) is 0.580. The van der Waals surface area contributed by atoms with E-state index in [9.17, 15) is 18.0 Å². The predicted molar refractivity (Wildman–Crippen MR) is 61.9 cm³/mol. The normalized spacial score (nSPS) is 20.2. The Kier molecular flexibility index (Phi) is 4.47. The maximum absolute atomic E-state index is 11.8. The molecule has 1 heterocycles. The Morgan fingerprint density at radius 3 is 2.53 bits per heavy atom. The highest BCUT2D eigenvalue weighted by molar-refractivity contribution is 7.91. The van der Waals surface area contributed by atoms with E-state index < -0.39 is 27.4 Å². The van der Waals surface area contributed by atoms with Crippen molar-refractivity contribution in [3.8, 4) is 0 Å². The summed E-state index contributed by atoms with van der Waals surface area (Å²) >= 11 is 0. The summed E-state index contributed by atoms with van der Waals surface area (Å²) in [5.74, 6) is -1.80. The molecule has 2 amide bonds. The molecule has 0 aliphatic carbocycles. The third-order valence-electron chi connectivity index (χ3n) is 2.51. The van der Waals surface area contributed by atoms with Crippen LogP contribution < -0.4 is 11.1 Å². The summed E-state index contributed by atoms with van der Waals surface area (Å²) in [5.41, 5.74) is 5.06. The molecular formula is C9H17N3O4S. The molecule has 0 radical (unpaired) electrons. The van der Waals surface area contributed by atoms with E-state index in [-0.39, 0.29) is 12.6 Å². The van der Waals surface area contributed by atoms with Crippen LogP contribution in [0.5, 0.6) is 0 Å². The SMILES string of the molecule is CS(=O)(=O)CC(=O)N(CC(N)=O)C1CCNC1. The number of nitrogens with two attached hydrogens (primary N) is 1. The number of sulfone groups is 1. The van der Waals surface area contributed by atoms with E-state index in [1.54, 1.807) is 0 Å². The molecule has 1 saturated heterocycles. The summed E-state index contributed by atoms with van der Waals surface area (Å²) in [5, 5.41) is 3.05. The van der Waals surface area contributed by atoms with Crippen molar-refractivity contribution in [3.05, 3.63) is 0 Å². The summed E-state index contributed by atoms with van der Waals surface area (Å²) in [6.45, 7) is 1.07. The van der Waals surface area contributed by atoms with Gasteiger partial charge in [-0.2, -0.15) is 0 Å². The van der Waals surface area contributed by atoms with Crippen LogP contribution in [0.15, 0.2) is 0 Å². The number of primary amides is 1. The van der Waals surface area contributed by atoms with Gasteiger partial charge < -0.3 is 16.0 Å². The molecule has 1 fully saturated rings. The molecule has 1 aliphatic heterocycles. The van der Waals surface area contributed by atoms with Gasteiger partial charge in [-0.15, -0.1) is 0 Å². The number of nitrogens with zero attached hydrogens (tertiary/aromatic N) is 1. The van der Waals surface area contributed by atoms with Crippen molar-refractivity contribution in [1.29, 1.82) is 0 Å². The first-order chi connectivity index (χ1) is 7.79. The van der Waals surface area contributed by atoms with Gasteiger partial charge in [-0.05, 0) is 13.0 Å². The minimum Gasteiger partial charge on any atom is -0.368 e. The molecule has 7 nitrogen and oxygen atoms in total. The Labute approximate surface area is 100 Å². The molecule has 1 aliphatic rings. The first-order valence-electron chi connectivity index (χ1n) is 5.26. The number of nitrogens with one attached hydrogen (secondary N) is 1. The van der Waals surface area contributed by atoms with Gasteiger partial charge in [0.05, 0.1) is 6.54 Å². The fourth-order valence-electron chi connectivity index (χ4n) is 1.80. The standard InChI is InChI=1S/C9H17N3O4S/c1-17(15,16)6-9(14)12(5-8(10)13)7-2-3-11-4-7/h7,11H,2-6H2,1H3,(H2,10,13). The average molecular weight is 263 g/mol. The fraction of sp³-hybridized carbons (Fsp3) is 0.778. The Morgan fingerprint density at radius 1 is 1.47 bits per heavy atom. The summed E-state index contributed by atoms with van der Waals surface area (Å²) in [6, 6.07) is -0.156. The van der Waals surface area contributed by atoms with E-state index in [2.05, 4.69) is 5.32 Å². The zero-order valence-electron chi connectivity index (χ0n) is 9.68. The van der Waals surface area contributed by atoms with Gasteiger partial charge in [-0.25, -0.2) is 8.42 Å². The van der Waals surface area contributed by atoms with E-state index in [1.807, 2.05) is 0 Å². The fourth-order valence-corrected chi connectivity index (χ4v) is 2.42. The Bertz CT molecular complexity index is 400. The van der Waals surface area contributed by atoms with Crippen LogP contribution in [0.2, 0.25) is 0 Å². The second-order valence-electron chi connectivity index (χ2n) is 4.20. The van der Waals surface area contributed by atoms with Crippen molar-refractivity contribution in [2.75, 3.05) is 31.6 Å². The van der Waals surface area contributed by atoms with Crippen LogP contribution in [0.1, 0.15) is 6.42 Å². The van der Waals surface area contributed by atoms with E-state index in [1.165, 1.54) is 4.90 Å². The topological polar surface area (TPSA) is 110 Å². The van der Waals surface area contributed by atoms with Crippen molar-refractivity contribution < 1.29 is 18.0 Å². The molecular weight excluding hydrogens is 246 g/mol. The van der Waals surface area contributed by atoms with Gasteiger partial charge in [0.25, 0.3) is 0 Å². The van der Waals surface area contributed by atoms with Crippen LogP contribution in [-0.4, -0.2) is 62.8 Å². The third-order valence-corrected chi connectivity index (χ3v) is 3.28. The second kappa shape index (κ2) is 5.46. The molecule has 8 heteroatoms. The summed E-state index contributed by atoms with van der Waals surface area (Å²) in [4.78, 5) is 23.9. The number of carbonyl (C=O) groups excluding carboxylic acids is 2. The van der Waals surface area contributed by atoms with Gasteiger partial charge in [0, 0.05) is 18.8 Å². The maximum Gasteiger partial charge on any atom is 0.238 e. The highest BCUT2D eigenvalue weighted by Gasteiger charge is 2.29. The van der Waals surface area contributed by atoms with E-state index in [0.717, 1.165) is 12.8 Å². The first kappa shape index (κ1) is 13.9. The number of hydrogen-bond acceptors (Lipinski definition) is 5. The van der Waals surface area contributed by atoms with E-state index in [0.29, 0.717) is 13.0 Å². The van der Waals surface area contributed by atoms with Crippen molar-refractivity contribution in [3.63, 3.8) is 0 Å². The van der Waals surface area contributed by atoms with Crippen molar-refractivity contribution in [2.45, 2.75) is 12.5 Å². The zero-order valence-corrected chi connectivity index (χ0v) is 10.5. The lowest BCUT2D eigenvalue weighted by Crippen LogP contribution is -2.48. The van der Waals surface area contributed by atoms with Crippen LogP contribution in [0.4, 0.5) is 0 Å². The first-order valence-corrected chi connectivity index (χ1v) is 7.32. The highest BCUT2D eigenvalue weighted by Crippen LogP contribution is 2.09. The lowest BCUT2D eigenvalue weighted by atomic mass is 10.2. The molecule has 0 aromatic carbocycles. The van der Waals surface area contributed by atoms with Gasteiger partial charge >= 0.3 is 0 Å². The minimum absolute atomic E-state index is 0.156. The smallest absolute Gasteiger partial charge is 0.238 e. The predicted octanol–water partition coefficient (Wildman–Crippen LogP) is -2.29. The summed E-state index contributed by atoms with van der Waals surface area (Å²) in [6.07, 6.45) is 1.68. The largest absolute Gasteiger partial charge is 0.368 e. The van der Waals surface area contributed by atoms with E-state index >= 15 is 0 Å². The Balaban J connectivity index is 2.74. The molecule has 0 aromatic heterocycles. The molecule has 0 aromatic rings. The number of rotatable bonds is 5. The van der Waals surface area contributed by atoms with Crippen molar-refractivity contribution in [1.82, 2.24) is 10.2 Å². The Morgan fingerprint density at radius 2 is 2.12 bits per heavy atom. The summed E-state index contributed by atoms with van der Waals surface area (Å²) in [7, 11) is -3.40. The van der Waals surface area contributed by atoms with Gasteiger partial charge in [0.1, 0.15) is 5.75 Å². The molecule has 1 unspecified atom stereocenters. The lowest BCUT2D eigenvalue weighted by Gasteiger charge is -2.26. The molecule has 0 bridgehead atoms. The monoisotopic (exact) mass is 263 g/mol. The van der Waals surface area contributed by atoms with Crippen molar-refractivity contribution in [2.24, 2.45) is 5.73 Å². The van der Waals surface area contributed by atoms with Gasteiger partial charge in [0.15, 0.2) is 9.84 Å². The molecule has 1 rings (SSSR count). The molecule has 1 atom stereocenters. The summed E-state index contributed by atoms with van der Waals surface area (Å²) < 4.78 is 22.1. The van der Waals surface area contributed by atoms with Crippen LogP contribution in [0, 0.1) is 0 Å². The second-order valence-corrected chi connectivity index (χ2v) is 6.34.